The van der Waals surface area contributed by atoms with Crippen molar-refractivity contribution in [2.75, 3.05) is 6.26 Å². The Morgan fingerprint density at radius 3 is 2.50 bits per heavy atom. The third-order valence-corrected chi connectivity index (χ3v) is 8.23. The van der Waals surface area contributed by atoms with Crippen molar-refractivity contribution in [3.8, 4) is 22.4 Å². The summed E-state index contributed by atoms with van der Waals surface area (Å²) in [5, 5.41) is 12.0. The Morgan fingerprint density at radius 1 is 1.10 bits per heavy atom. The third-order valence-electron chi connectivity index (χ3n) is 7.06. The Balaban J connectivity index is 1.58. The lowest BCUT2D eigenvalue weighted by molar-refractivity contribution is 0.181. The first kappa shape index (κ1) is 27.7. The van der Waals surface area contributed by atoms with E-state index in [1.54, 1.807) is 30.6 Å². The molecule has 5 rings (SSSR count). The molecule has 4 aromatic rings. The molecule has 208 valence electrons. The van der Waals surface area contributed by atoms with Crippen LogP contribution in [0.5, 0.6) is 0 Å². The highest BCUT2D eigenvalue weighted by Gasteiger charge is 2.25. The Morgan fingerprint density at radius 2 is 1.85 bits per heavy atom. The van der Waals surface area contributed by atoms with Gasteiger partial charge in [-0.15, -0.1) is 0 Å². The summed E-state index contributed by atoms with van der Waals surface area (Å²) in [6.45, 7) is 2.13. The molecule has 3 heterocycles. The second kappa shape index (κ2) is 10.9. The molecule has 0 unspecified atom stereocenters. The number of amides is 1. The first-order chi connectivity index (χ1) is 19.0. The monoisotopic (exact) mass is 582 g/mol. The minimum absolute atomic E-state index is 0.0670. The van der Waals surface area contributed by atoms with E-state index in [1.165, 1.54) is 10.8 Å². The summed E-state index contributed by atoms with van der Waals surface area (Å²) in [5.74, 6) is 0.0670. The number of carbonyl (C=O) groups is 1. The first-order valence-corrected chi connectivity index (χ1v) is 15.0. The Bertz CT molecular complexity index is 1780. The van der Waals surface area contributed by atoms with Crippen LogP contribution in [-0.4, -0.2) is 56.4 Å². The fraction of sp³-hybridized carbons (Fsp3) is 0.333. The molecule has 11 nitrogen and oxygen atoms in total. The van der Waals surface area contributed by atoms with Crippen LogP contribution in [0.15, 0.2) is 52.8 Å². The molecule has 1 aromatic carbocycles. The average Bonchev–Trinajstić information content (AvgIpc) is 2.90. The molecule has 0 atom stereocenters. The van der Waals surface area contributed by atoms with E-state index in [4.69, 9.17) is 16.7 Å². The summed E-state index contributed by atoms with van der Waals surface area (Å²) < 4.78 is 25.9. The zero-order chi connectivity index (χ0) is 28.6. The van der Waals surface area contributed by atoms with Crippen LogP contribution in [0, 0.1) is 12.8 Å². The highest BCUT2D eigenvalue weighted by molar-refractivity contribution is 7.90. The number of sulfone groups is 1. The molecule has 1 amide bonds. The summed E-state index contributed by atoms with van der Waals surface area (Å²) >= 11 is 6.70. The van der Waals surface area contributed by atoms with E-state index in [9.17, 15) is 18.0 Å². The Kier molecular flexibility index (Phi) is 7.56. The maximum absolute atomic E-state index is 14.0. The maximum atomic E-state index is 14.0. The highest BCUT2D eigenvalue weighted by Crippen LogP contribution is 2.32. The standard InChI is InChI=1S/C27H27ClN6O5S/c1-15-11-29-13-23(31-15)17-5-8-20(22(28)10-17)21-9-18-12-30-26(40(2,38)39)33-24(18)34(25(21)35)14-16-3-6-19(7-4-16)32-27(36)37/h5,8-13,16,19,32H,3-4,6-7,14H2,1-2H3,(H,36,37)/t16-,19-. The van der Waals surface area contributed by atoms with E-state index in [-0.39, 0.29) is 34.9 Å². The molecule has 1 aliphatic carbocycles. The molecule has 0 radical (unpaired) electrons. The summed E-state index contributed by atoms with van der Waals surface area (Å²) in [7, 11) is -3.71. The van der Waals surface area contributed by atoms with Crippen molar-refractivity contribution in [1.82, 2.24) is 29.8 Å². The number of halogens is 1. The van der Waals surface area contributed by atoms with Gasteiger partial charge >= 0.3 is 6.09 Å². The molecule has 0 bridgehead atoms. The molecule has 0 saturated heterocycles. The number of carboxylic acid groups (broad SMARTS) is 1. The summed E-state index contributed by atoms with van der Waals surface area (Å²) in [4.78, 5) is 41.9. The zero-order valence-electron chi connectivity index (χ0n) is 21.8. The Hall–Kier alpha value is -3.90. The lowest BCUT2D eigenvalue weighted by Crippen LogP contribution is -2.38. The van der Waals surface area contributed by atoms with Crippen molar-refractivity contribution in [2.24, 2.45) is 5.92 Å². The zero-order valence-corrected chi connectivity index (χ0v) is 23.4. The largest absolute Gasteiger partial charge is 0.465 e. The van der Waals surface area contributed by atoms with Crippen LogP contribution in [0.3, 0.4) is 0 Å². The SMILES string of the molecule is Cc1cncc(-c2ccc(-c3cc4cnc(S(C)(=O)=O)nc4n(C[C@H]4CC[C@H](NC(=O)O)CC4)c3=O)c(Cl)c2)n1. The number of aryl methyl sites for hydroxylation is 1. The number of nitrogens with zero attached hydrogens (tertiary/aromatic N) is 5. The van der Waals surface area contributed by atoms with Crippen LogP contribution in [-0.2, 0) is 16.4 Å². The molecular weight excluding hydrogens is 556 g/mol. The Labute approximate surface area is 235 Å². The molecule has 2 N–H and O–H groups in total. The summed E-state index contributed by atoms with van der Waals surface area (Å²) in [6, 6.07) is 6.79. The molecule has 13 heteroatoms. The lowest BCUT2D eigenvalue weighted by atomic mass is 9.86. The highest BCUT2D eigenvalue weighted by atomic mass is 35.5. The van der Waals surface area contributed by atoms with Crippen LogP contribution >= 0.6 is 11.6 Å². The van der Waals surface area contributed by atoms with Crippen LogP contribution < -0.4 is 10.9 Å². The van der Waals surface area contributed by atoms with Gasteiger partial charge in [-0.25, -0.2) is 23.2 Å². The quantitative estimate of drug-likeness (QED) is 0.319. The predicted octanol–water partition coefficient (Wildman–Crippen LogP) is 4.11. The minimum atomic E-state index is -3.71. The van der Waals surface area contributed by atoms with Gasteiger partial charge in [-0.3, -0.25) is 14.3 Å². The number of rotatable bonds is 6. The fourth-order valence-corrected chi connectivity index (χ4v) is 5.88. The van der Waals surface area contributed by atoms with E-state index in [1.807, 2.05) is 13.0 Å². The smallest absolute Gasteiger partial charge is 0.404 e. The maximum Gasteiger partial charge on any atom is 0.404 e. The molecule has 1 saturated carbocycles. The molecule has 3 aromatic heterocycles. The van der Waals surface area contributed by atoms with Gasteiger partial charge in [0.2, 0.25) is 15.0 Å². The normalized spacial score (nSPS) is 17.6. The van der Waals surface area contributed by atoms with E-state index in [0.29, 0.717) is 52.9 Å². The molecule has 1 aliphatic rings. The summed E-state index contributed by atoms with van der Waals surface area (Å²) in [5.41, 5.74) is 2.86. The van der Waals surface area contributed by atoms with E-state index >= 15 is 0 Å². The average molecular weight is 583 g/mol. The number of aromatic nitrogens is 5. The summed E-state index contributed by atoms with van der Waals surface area (Å²) in [6.07, 6.45) is 7.32. The number of hydrogen-bond donors (Lipinski definition) is 2. The van der Waals surface area contributed by atoms with E-state index in [2.05, 4.69) is 25.3 Å². The van der Waals surface area contributed by atoms with Crippen molar-refractivity contribution in [3.05, 3.63) is 63.9 Å². The molecule has 0 aliphatic heterocycles. The van der Waals surface area contributed by atoms with Crippen molar-refractivity contribution in [2.45, 2.75) is 50.4 Å². The number of fused-ring (bicyclic) bond motifs is 1. The van der Waals surface area contributed by atoms with Gasteiger partial charge in [0.05, 0.1) is 17.6 Å². The minimum Gasteiger partial charge on any atom is -0.465 e. The third kappa shape index (κ3) is 5.82. The predicted molar refractivity (Wildman–Crippen MR) is 150 cm³/mol. The van der Waals surface area contributed by atoms with Gasteiger partial charge < -0.3 is 10.4 Å². The lowest BCUT2D eigenvalue weighted by Gasteiger charge is -2.29. The van der Waals surface area contributed by atoms with Crippen molar-refractivity contribution in [1.29, 1.82) is 0 Å². The van der Waals surface area contributed by atoms with Crippen LogP contribution in [0.4, 0.5) is 4.79 Å². The molecule has 0 spiro atoms. The van der Waals surface area contributed by atoms with Gasteiger partial charge in [0.25, 0.3) is 5.56 Å². The van der Waals surface area contributed by atoms with Crippen LogP contribution in [0.25, 0.3) is 33.4 Å². The second-order valence-electron chi connectivity index (χ2n) is 10.1. The number of hydrogen-bond acceptors (Lipinski definition) is 8. The number of benzene rings is 1. The van der Waals surface area contributed by atoms with E-state index in [0.717, 1.165) is 17.5 Å². The van der Waals surface area contributed by atoms with Crippen molar-refractivity contribution >= 4 is 38.6 Å². The van der Waals surface area contributed by atoms with Crippen molar-refractivity contribution in [3.63, 3.8) is 0 Å². The molecule has 40 heavy (non-hydrogen) atoms. The second-order valence-corrected chi connectivity index (χ2v) is 12.4. The topological polar surface area (TPSA) is 157 Å². The van der Waals surface area contributed by atoms with Gasteiger partial charge in [-0.05, 0) is 50.7 Å². The van der Waals surface area contributed by atoms with Gasteiger partial charge in [0.15, 0.2) is 0 Å². The van der Waals surface area contributed by atoms with Crippen LogP contribution in [0.2, 0.25) is 5.02 Å². The fourth-order valence-electron chi connectivity index (χ4n) is 5.10. The van der Waals surface area contributed by atoms with Gasteiger partial charge in [0.1, 0.15) is 5.65 Å². The molecular formula is C27H27ClN6O5S. The number of nitrogens with one attached hydrogen (secondary N) is 1. The first-order valence-electron chi connectivity index (χ1n) is 12.7. The molecule has 1 fully saturated rings. The van der Waals surface area contributed by atoms with Gasteiger partial charge in [-0.2, -0.15) is 4.98 Å². The van der Waals surface area contributed by atoms with Gasteiger partial charge in [0, 0.05) is 58.3 Å². The van der Waals surface area contributed by atoms with Gasteiger partial charge in [-0.1, -0.05) is 23.7 Å². The number of pyridine rings is 1. The van der Waals surface area contributed by atoms with E-state index < -0.39 is 15.9 Å². The van der Waals surface area contributed by atoms with Crippen LogP contribution in [0.1, 0.15) is 31.4 Å². The van der Waals surface area contributed by atoms with Crippen molar-refractivity contribution < 1.29 is 18.3 Å².